The molecule has 312 valence electrons. The van der Waals surface area contributed by atoms with E-state index in [0.717, 1.165) is 22.9 Å². The number of carbonyl (C=O) groups is 2. The number of aliphatic hydroxyl groups excluding tert-OH is 1. The first-order valence-electron chi connectivity index (χ1n) is 17.8. The number of benzene rings is 4. The minimum atomic E-state index is -3.71. The van der Waals surface area contributed by atoms with Crippen LogP contribution in [0.1, 0.15) is 56.6 Å². The minimum absolute atomic E-state index is 0.232. The first-order valence-corrected chi connectivity index (χ1v) is 21.8. The molecule has 4 aromatic carbocycles. The molecular formula is C43H36Cl6N4O6S. The predicted molar refractivity (Wildman–Crippen MR) is 239 cm³/mol. The maximum absolute atomic E-state index is 12.5. The monoisotopic (exact) mass is 946 g/mol. The summed E-state index contributed by atoms with van der Waals surface area (Å²) in [6.07, 6.45) is 0.951. The zero-order valence-corrected chi connectivity index (χ0v) is 37.4. The summed E-state index contributed by atoms with van der Waals surface area (Å²) < 4.78 is 28.0. The Bertz CT molecular complexity index is 2680. The highest BCUT2D eigenvalue weighted by Gasteiger charge is 2.29. The summed E-state index contributed by atoms with van der Waals surface area (Å²) in [6, 6.07) is 27.2. The Hall–Kier alpha value is -4.27. The van der Waals surface area contributed by atoms with Crippen molar-refractivity contribution in [2.75, 3.05) is 6.26 Å². The fraction of sp³-hybridized carbons (Fsp3) is 0.163. The highest BCUT2D eigenvalue weighted by Crippen LogP contribution is 2.39. The lowest BCUT2D eigenvalue weighted by molar-refractivity contribution is -0.119. The summed E-state index contributed by atoms with van der Waals surface area (Å²) in [6.45, 7) is 3.21. The van der Waals surface area contributed by atoms with Gasteiger partial charge in [0.1, 0.15) is 11.8 Å². The zero-order chi connectivity index (χ0) is 44.1. The third-order valence-electron chi connectivity index (χ3n) is 9.26. The average Bonchev–Trinajstić information content (AvgIpc) is 3.18. The first-order chi connectivity index (χ1) is 28.3. The van der Waals surface area contributed by atoms with Crippen molar-refractivity contribution < 1.29 is 27.3 Å². The van der Waals surface area contributed by atoms with Crippen LogP contribution in [-0.4, -0.2) is 41.6 Å². The summed E-state index contributed by atoms with van der Waals surface area (Å²) in [7, 11) is -3.71. The number of hydrogen-bond donors (Lipinski definition) is 3. The van der Waals surface area contributed by atoms with Crippen molar-refractivity contribution in [3.8, 4) is 22.5 Å². The van der Waals surface area contributed by atoms with Crippen LogP contribution in [0.5, 0.6) is 0 Å². The van der Waals surface area contributed by atoms with Gasteiger partial charge in [0.25, 0.3) is 10.1 Å². The molecule has 6 rings (SSSR count). The number of aromatic nitrogens is 2. The highest BCUT2D eigenvalue weighted by molar-refractivity contribution is 7.85. The van der Waals surface area contributed by atoms with Crippen LogP contribution in [0.15, 0.2) is 97.1 Å². The van der Waals surface area contributed by atoms with Crippen molar-refractivity contribution in [3.63, 3.8) is 0 Å². The smallest absolute Gasteiger partial charge is 0.264 e. The molecule has 2 atom stereocenters. The standard InChI is InChI=1S/C22H19Cl3N2O4S.C21H17Cl3N2O2/c1-12-14(5-3-6-15(12)23)18-9-13(11-31-32(2,29)30)10-19(27-18)21(22(26)28)20-16(24)7-4-8-17(20)25;1-11-13(4-2-5-14(11)22)17-8-12(10-27)9-18(26-17)20(21(25)28)19-15(23)6-3-7-16(19)24/h3-10,21H,11H2,1-2H3,(H2,26,28);2-9,20,27H,10H2,1H3,(H2,25,28). The molecule has 60 heavy (non-hydrogen) atoms. The molecule has 10 nitrogen and oxygen atoms in total. The van der Waals surface area contributed by atoms with Gasteiger partial charge in [-0.05, 0) is 96.8 Å². The number of halogens is 6. The van der Waals surface area contributed by atoms with E-state index in [1.807, 2.05) is 32.0 Å². The van der Waals surface area contributed by atoms with Gasteiger partial charge in [-0.1, -0.05) is 106 Å². The van der Waals surface area contributed by atoms with E-state index >= 15 is 0 Å². The molecule has 0 bridgehead atoms. The predicted octanol–water partition coefficient (Wildman–Crippen LogP) is 10.2. The Morgan fingerprint density at radius 3 is 1.33 bits per heavy atom. The van der Waals surface area contributed by atoms with Crippen molar-refractivity contribution in [1.82, 2.24) is 9.97 Å². The number of aliphatic hydroxyl groups is 1. The molecule has 0 aliphatic rings. The number of pyridine rings is 2. The summed E-state index contributed by atoms with van der Waals surface area (Å²) in [4.78, 5) is 34.2. The molecule has 2 unspecified atom stereocenters. The molecule has 0 spiro atoms. The summed E-state index contributed by atoms with van der Waals surface area (Å²) in [5.41, 5.74) is 17.9. The van der Waals surface area contributed by atoms with E-state index in [2.05, 4.69) is 9.97 Å². The highest BCUT2D eigenvalue weighted by atomic mass is 35.5. The fourth-order valence-corrected chi connectivity index (χ4v) is 8.29. The Labute approximate surface area is 377 Å². The molecule has 5 N–H and O–H groups in total. The molecule has 0 fully saturated rings. The van der Waals surface area contributed by atoms with E-state index in [1.54, 1.807) is 78.9 Å². The van der Waals surface area contributed by atoms with Gasteiger partial charge >= 0.3 is 0 Å². The van der Waals surface area contributed by atoms with Crippen molar-refractivity contribution in [2.24, 2.45) is 11.5 Å². The first kappa shape index (κ1) is 46.8. The minimum Gasteiger partial charge on any atom is -0.392 e. The molecule has 0 radical (unpaired) electrons. The molecule has 2 aromatic heterocycles. The Morgan fingerprint density at radius 1 is 0.617 bits per heavy atom. The van der Waals surface area contributed by atoms with Gasteiger partial charge in [0.05, 0.1) is 42.2 Å². The molecule has 17 heteroatoms. The zero-order valence-electron chi connectivity index (χ0n) is 32.0. The van der Waals surface area contributed by atoms with Crippen LogP contribution in [0.25, 0.3) is 22.5 Å². The van der Waals surface area contributed by atoms with Crippen molar-refractivity contribution in [3.05, 3.63) is 172 Å². The van der Waals surface area contributed by atoms with E-state index in [-0.39, 0.29) is 29.0 Å². The second-order valence-corrected chi connectivity index (χ2v) is 17.5. The van der Waals surface area contributed by atoms with E-state index in [9.17, 15) is 23.1 Å². The largest absolute Gasteiger partial charge is 0.392 e. The van der Waals surface area contributed by atoms with Gasteiger partial charge < -0.3 is 16.6 Å². The van der Waals surface area contributed by atoms with Gasteiger partial charge in [-0.3, -0.25) is 23.7 Å². The number of primary amides is 2. The van der Waals surface area contributed by atoms with Crippen LogP contribution in [-0.2, 0) is 37.1 Å². The quantitative estimate of drug-likeness (QED) is 0.102. The van der Waals surface area contributed by atoms with Crippen LogP contribution in [0.3, 0.4) is 0 Å². The van der Waals surface area contributed by atoms with Crippen LogP contribution >= 0.6 is 69.6 Å². The molecule has 6 aromatic rings. The molecule has 0 aliphatic heterocycles. The Balaban J connectivity index is 0.000000230. The van der Waals surface area contributed by atoms with Gasteiger partial charge in [-0.15, -0.1) is 0 Å². The Morgan fingerprint density at radius 2 is 0.967 bits per heavy atom. The third kappa shape index (κ3) is 11.2. The Kier molecular flexibility index (Phi) is 15.7. The van der Waals surface area contributed by atoms with Gasteiger partial charge in [0, 0.05) is 52.4 Å². The summed E-state index contributed by atoms with van der Waals surface area (Å²) in [5, 5.41) is 12.0. The lowest BCUT2D eigenvalue weighted by atomic mass is 9.92. The van der Waals surface area contributed by atoms with E-state index in [0.29, 0.717) is 65.0 Å². The van der Waals surface area contributed by atoms with Gasteiger partial charge in [-0.2, -0.15) is 8.42 Å². The third-order valence-corrected chi connectivity index (χ3v) is 11.9. The normalized spacial score (nSPS) is 12.3. The van der Waals surface area contributed by atoms with Crippen molar-refractivity contribution in [2.45, 2.75) is 38.9 Å². The molecule has 0 saturated heterocycles. The molecule has 2 heterocycles. The van der Waals surface area contributed by atoms with Crippen LogP contribution in [0.2, 0.25) is 30.1 Å². The maximum atomic E-state index is 12.5. The summed E-state index contributed by atoms with van der Waals surface area (Å²) >= 11 is 37.8. The fourth-order valence-electron chi connectivity index (χ4n) is 6.36. The average molecular weight is 950 g/mol. The second kappa shape index (κ2) is 20.1. The molecule has 0 aliphatic carbocycles. The number of nitrogens with two attached hydrogens (primary N) is 2. The van der Waals surface area contributed by atoms with E-state index in [4.69, 9.17) is 85.3 Å². The number of nitrogens with zero attached hydrogens (tertiary/aromatic N) is 2. The van der Waals surface area contributed by atoms with Crippen LogP contribution in [0, 0.1) is 13.8 Å². The summed E-state index contributed by atoms with van der Waals surface area (Å²) in [5.74, 6) is -3.41. The number of rotatable bonds is 12. The lowest BCUT2D eigenvalue weighted by Crippen LogP contribution is -2.24. The van der Waals surface area contributed by atoms with Gasteiger partial charge in [0.2, 0.25) is 11.8 Å². The topological polar surface area (TPSA) is 176 Å². The molecule has 2 amide bonds. The maximum Gasteiger partial charge on any atom is 0.264 e. The molecular weight excluding hydrogens is 913 g/mol. The van der Waals surface area contributed by atoms with Gasteiger partial charge in [0.15, 0.2) is 0 Å². The van der Waals surface area contributed by atoms with Crippen LogP contribution < -0.4 is 11.5 Å². The lowest BCUT2D eigenvalue weighted by Gasteiger charge is -2.19. The number of carbonyl (C=O) groups excluding carboxylic acids is 2. The van der Waals surface area contributed by atoms with Crippen LogP contribution in [0.4, 0.5) is 0 Å². The molecule has 0 saturated carbocycles. The SMILES string of the molecule is Cc1c(Cl)cccc1-c1cc(CO)cc(C(C(N)=O)c2c(Cl)cccc2Cl)n1.Cc1c(Cl)cccc1-c1cc(COS(C)(=O)=O)cc(C(C(N)=O)c2c(Cl)cccc2Cl)n1. The van der Waals surface area contributed by atoms with Crippen molar-refractivity contribution in [1.29, 1.82) is 0 Å². The number of hydrogen-bond acceptors (Lipinski definition) is 8. The van der Waals surface area contributed by atoms with E-state index < -0.39 is 33.8 Å². The van der Waals surface area contributed by atoms with Gasteiger partial charge in [-0.25, -0.2) is 0 Å². The second-order valence-electron chi connectivity index (χ2n) is 13.5. The van der Waals surface area contributed by atoms with E-state index in [1.165, 1.54) is 0 Å². The number of amides is 2. The van der Waals surface area contributed by atoms with Crippen molar-refractivity contribution >= 4 is 91.5 Å².